The summed E-state index contributed by atoms with van der Waals surface area (Å²) in [6.07, 6.45) is 3.03. The molecule has 0 radical (unpaired) electrons. The Labute approximate surface area is 163 Å². The van der Waals surface area contributed by atoms with Gasteiger partial charge in [0.15, 0.2) is 29.5 Å². The zero-order valence-corrected chi connectivity index (χ0v) is 16.1. The first-order chi connectivity index (χ1) is 13.5. The summed E-state index contributed by atoms with van der Waals surface area (Å²) in [4.78, 5) is 0. The predicted molar refractivity (Wildman–Crippen MR) is 101 cm³/mol. The van der Waals surface area contributed by atoms with Crippen molar-refractivity contribution >= 4 is 0 Å². The van der Waals surface area contributed by atoms with Crippen LogP contribution in [-0.4, -0.2) is 26.6 Å². The minimum absolute atomic E-state index is 0.0142. The summed E-state index contributed by atoms with van der Waals surface area (Å²) in [5.74, 6) is -2.70. The molecule has 28 heavy (non-hydrogen) atoms. The molecule has 0 N–H and O–H groups in total. The molecule has 0 saturated carbocycles. The van der Waals surface area contributed by atoms with Gasteiger partial charge in [0.25, 0.3) is 0 Å². The average molecular weight is 394 g/mol. The van der Waals surface area contributed by atoms with Crippen LogP contribution < -0.4 is 4.74 Å². The fraction of sp³-hybridized carbons (Fsp3) is 0.455. The van der Waals surface area contributed by atoms with E-state index in [2.05, 4.69) is 6.92 Å². The van der Waals surface area contributed by atoms with Crippen molar-refractivity contribution in [2.24, 2.45) is 0 Å². The summed E-state index contributed by atoms with van der Waals surface area (Å²) >= 11 is 0. The zero-order chi connectivity index (χ0) is 20.1. The third-order valence-electron chi connectivity index (χ3n) is 5.05. The van der Waals surface area contributed by atoms with E-state index in [4.69, 9.17) is 14.2 Å². The fourth-order valence-electron chi connectivity index (χ4n) is 3.40. The van der Waals surface area contributed by atoms with Crippen molar-refractivity contribution < 1.29 is 27.4 Å². The molecule has 0 spiro atoms. The van der Waals surface area contributed by atoms with E-state index < -0.39 is 17.5 Å². The van der Waals surface area contributed by atoms with Gasteiger partial charge in [-0.1, -0.05) is 31.5 Å². The number of rotatable bonds is 7. The standard InChI is InChI=1S/C22H25F3O3/c1-3-4-11-27-20-10-6-15(13-28-20)17-8-7-16(21(24)22(17)25)14-5-9-19(26-2)18(23)12-14/h5,7-9,12,15,20H,3-4,6,10-11,13H2,1-2H3. The van der Waals surface area contributed by atoms with Crippen molar-refractivity contribution in [3.05, 3.63) is 53.3 Å². The van der Waals surface area contributed by atoms with Crippen LogP contribution in [0.25, 0.3) is 11.1 Å². The van der Waals surface area contributed by atoms with Crippen LogP contribution in [-0.2, 0) is 9.47 Å². The lowest BCUT2D eigenvalue weighted by Gasteiger charge is -2.29. The normalized spacial score (nSPS) is 19.6. The first-order valence-corrected chi connectivity index (χ1v) is 9.60. The van der Waals surface area contributed by atoms with E-state index >= 15 is 0 Å². The summed E-state index contributed by atoms with van der Waals surface area (Å²) in [6.45, 7) is 3.01. The Balaban J connectivity index is 1.73. The Morgan fingerprint density at radius 3 is 2.54 bits per heavy atom. The Kier molecular flexibility index (Phi) is 6.97. The number of unbranched alkanes of at least 4 members (excludes halogenated alkanes) is 1. The van der Waals surface area contributed by atoms with E-state index in [9.17, 15) is 13.2 Å². The van der Waals surface area contributed by atoms with Gasteiger partial charge in [-0.05, 0) is 42.5 Å². The molecular formula is C22H25F3O3. The monoisotopic (exact) mass is 394 g/mol. The highest BCUT2D eigenvalue weighted by Gasteiger charge is 2.27. The van der Waals surface area contributed by atoms with Gasteiger partial charge in [-0.25, -0.2) is 13.2 Å². The zero-order valence-electron chi connectivity index (χ0n) is 16.1. The van der Waals surface area contributed by atoms with Crippen LogP contribution in [0.1, 0.15) is 44.1 Å². The van der Waals surface area contributed by atoms with Crippen molar-refractivity contribution in [2.75, 3.05) is 20.3 Å². The largest absolute Gasteiger partial charge is 0.494 e. The third kappa shape index (κ3) is 4.50. The molecule has 1 aliphatic rings. The lowest BCUT2D eigenvalue weighted by Crippen LogP contribution is -2.28. The quantitative estimate of drug-likeness (QED) is 0.554. The number of methoxy groups -OCH3 is 1. The maximum atomic E-state index is 14.7. The number of hydrogen-bond donors (Lipinski definition) is 0. The van der Waals surface area contributed by atoms with Gasteiger partial charge in [-0.3, -0.25) is 0 Å². The molecular weight excluding hydrogens is 369 g/mol. The van der Waals surface area contributed by atoms with E-state index in [-0.39, 0.29) is 41.3 Å². The Morgan fingerprint density at radius 2 is 1.89 bits per heavy atom. The van der Waals surface area contributed by atoms with E-state index in [1.54, 1.807) is 6.07 Å². The summed E-state index contributed by atoms with van der Waals surface area (Å²) in [5, 5.41) is 0. The number of halogens is 3. The molecule has 2 aromatic rings. The van der Waals surface area contributed by atoms with Crippen LogP contribution in [0.15, 0.2) is 30.3 Å². The molecule has 1 saturated heterocycles. The molecule has 3 rings (SSSR count). The van der Waals surface area contributed by atoms with Gasteiger partial charge in [0.2, 0.25) is 0 Å². The molecule has 152 valence electrons. The van der Waals surface area contributed by atoms with E-state index in [0.29, 0.717) is 19.4 Å². The number of benzene rings is 2. The summed E-state index contributed by atoms with van der Waals surface area (Å²) < 4.78 is 59.5. The highest BCUT2D eigenvalue weighted by molar-refractivity contribution is 5.66. The van der Waals surface area contributed by atoms with E-state index in [0.717, 1.165) is 18.9 Å². The SMILES string of the molecule is CCCCOC1CCC(c2ccc(-c3ccc(OC)c(F)c3)c(F)c2F)CO1. The molecule has 0 aliphatic carbocycles. The number of hydrogen-bond acceptors (Lipinski definition) is 3. The van der Waals surface area contributed by atoms with Crippen LogP contribution in [0.2, 0.25) is 0 Å². The van der Waals surface area contributed by atoms with Crippen molar-refractivity contribution in [2.45, 2.75) is 44.8 Å². The molecule has 1 fully saturated rings. The lowest BCUT2D eigenvalue weighted by atomic mass is 9.90. The molecule has 2 atom stereocenters. The van der Waals surface area contributed by atoms with Gasteiger partial charge in [0.05, 0.1) is 13.7 Å². The Bertz CT molecular complexity index is 802. The highest BCUT2D eigenvalue weighted by Crippen LogP contribution is 2.35. The fourth-order valence-corrected chi connectivity index (χ4v) is 3.40. The third-order valence-corrected chi connectivity index (χ3v) is 5.05. The summed E-state index contributed by atoms with van der Waals surface area (Å²) in [6, 6.07) is 7.07. The first kappa shape index (κ1) is 20.7. The molecule has 2 aromatic carbocycles. The van der Waals surface area contributed by atoms with Crippen molar-refractivity contribution in [3.8, 4) is 16.9 Å². The van der Waals surface area contributed by atoms with Gasteiger partial charge in [-0.15, -0.1) is 0 Å². The number of ether oxygens (including phenoxy) is 3. The lowest BCUT2D eigenvalue weighted by molar-refractivity contribution is -0.167. The average Bonchev–Trinajstić information content (AvgIpc) is 2.71. The second-order valence-electron chi connectivity index (χ2n) is 6.94. The van der Waals surface area contributed by atoms with Gasteiger partial charge in [0.1, 0.15) is 0 Å². The van der Waals surface area contributed by atoms with Crippen LogP contribution in [0.3, 0.4) is 0 Å². The highest BCUT2D eigenvalue weighted by atomic mass is 19.2. The molecule has 0 amide bonds. The summed E-state index contributed by atoms with van der Waals surface area (Å²) in [5.41, 5.74) is 0.549. The predicted octanol–water partition coefficient (Wildman–Crippen LogP) is 5.82. The van der Waals surface area contributed by atoms with Gasteiger partial charge < -0.3 is 14.2 Å². The molecule has 1 heterocycles. The smallest absolute Gasteiger partial charge is 0.166 e. The van der Waals surface area contributed by atoms with Gasteiger partial charge in [-0.2, -0.15) is 0 Å². The molecule has 2 unspecified atom stereocenters. The second kappa shape index (κ2) is 9.43. The molecule has 0 bridgehead atoms. The topological polar surface area (TPSA) is 27.7 Å². The second-order valence-corrected chi connectivity index (χ2v) is 6.94. The van der Waals surface area contributed by atoms with E-state index in [1.165, 1.54) is 25.3 Å². The molecule has 1 aliphatic heterocycles. The van der Waals surface area contributed by atoms with Crippen LogP contribution in [0, 0.1) is 17.5 Å². The van der Waals surface area contributed by atoms with Crippen molar-refractivity contribution in [3.63, 3.8) is 0 Å². The molecule has 3 nitrogen and oxygen atoms in total. The maximum absolute atomic E-state index is 14.7. The maximum Gasteiger partial charge on any atom is 0.166 e. The van der Waals surface area contributed by atoms with Gasteiger partial charge in [0, 0.05) is 18.1 Å². The minimum Gasteiger partial charge on any atom is -0.494 e. The van der Waals surface area contributed by atoms with Crippen LogP contribution in [0.5, 0.6) is 5.75 Å². The van der Waals surface area contributed by atoms with Crippen LogP contribution >= 0.6 is 0 Å². The van der Waals surface area contributed by atoms with E-state index in [1.807, 2.05) is 0 Å². The summed E-state index contributed by atoms with van der Waals surface area (Å²) in [7, 11) is 1.35. The van der Waals surface area contributed by atoms with Gasteiger partial charge >= 0.3 is 0 Å². The Morgan fingerprint density at radius 1 is 1.07 bits per heavy atom. The van der Waals surface area contributed by atoms with Crippen LogP contribution in [0.4, 0.5) is 13.2 Å². The molecule has 0 aromatic heterocycles. The van der Waals surface area contributed by atoms with Crippen molar-refractivity contribution in [1.82, 2.24) is 0 Å². The minimum atomic E-state index is -0.983. The molecule has 6 heteroatoms. The first-order valence-electron chi connectivity index (χ1n) is 9.60. The van der Waals surface area contributed by atoms with Crippen molar-refractivity contribution in [1.29, 1.82) is 0 Å². The Hall–Kier alpha value is -2.05.